The van der Waals surface area contributed by atoms with Gasteiger partial charge in [-0.2, -0.15) is 0 Å². The van der Waals surface area contributed by atoms with Crippen LogP contribution in [0.15, 0.2) is 50.7 Å². The summed E-state index contributed by atoms with van der Waals surface area (Å²) in [7, 11) is 1.76. The van der Waals surface area contributed by atoms with Crippen LogP contribution in [0.2, 0.25) is 0 Å². The van der Waals surface area contributed by atoms with Crippen LogP contribution >= 0.6 is 27.7 Å². The Balaban J connectivity index is 1.93. The van der Waals surface area contributed by atoms with E-state index in [4.69, 9.17) is 0 Å². The number of hydrogen-bond donors (Lipinski definition) is 2. The minimum atomic E-state index is -0.318. The lowest BCUT2D eigenvalue weighted by molar-refractivity contribution is -0.117. The first kappa shape index (κ1) is 14.6. The highest BCUT2D eigenvalue weighted by molar-refractivity contribution is 9.10. The van der Waals surface area contributed by atoms with Crippen molar-refractivity contribution >= 4 is 39.3 Å². The zero-order valence-electron chi connectivity index (χ0n) is 11.1. The van der Waals surface area contributed by atoms with Crippen LogP contribution in [-0.4, -0.2) is 13.0 Å². The molecular formula is C15H12BrFN2OS. The third-order valence-electron chi connectivity index (χ3n) is 3.27. The zero-order valence-corrected chi connectivity index (χ0v) is 13.5. The molecule has 1 aliphatic heterocycles. The van der Waals surface area contributed by atoms with Crippen molar-refractivity contribution < 1.29 is 9.18 Å². The van der Waals surface area contributed by atoms with Crippen LogP contribution < -0.4 is 10.6 Å². The summed E-state index contributed by atoms with van der Waals surface area (Å²) in [6, 6.07) is 9.89. The van der Waals surface area contributed by atoms with Gasteiger partial charge in [-0.25, -0.2) is 4.39 Å². The molecule has 0 bridgehead atoms. The summed E-state index contributed by atoms with van der Waals surface area (Å²) in [6.07, 6.45) is 0. The molecule has 0 aliphatic carbocycles. The molecule has 2 N–H and O–H groups in total. The molecule has 0 saturated carbocycles. The fourth-order valence-electron chi connectivity index (χ4n) is 2.26. The summed E-state index contributed by atoms with van der Waals surface area (Å²) in [4.78, 5) is 13.7. The Morgan fingerprint density at radius 2 is 2.00 bits per heavy atom. The average molecular weight is 367 g/mol. The second-order valence-electron chi connectivity index (χ2n) is 4.64. The number of hydrogen-bond acceptors (Lipinski definition) is 3. The molecule has 2 aromatic rings. The summed E-state index contributed by atoms with van der Waals surface area (Å²) in [6.45, 7) is 0. The third-order valence-corrected chi connectivity index (χ3v) is 5.25. The largest absolute Gasteiger partial charge is 0.324 e. The fraction of sp³-hybridized carbons (Fsp3) is 0.133. The summed E-state index contributed by atoms with van der Waals surface area (Å²) < 4.78 is 13.8. The molecule has 3 rings (SSSR count). The van der Waals surface area contributed by atoms with Crippen LogP contribution in [-0.2, 0) is 4.79 Å². The van der Waals surface area contributed by atoms with Crippen molar-refractivity contribution in [1.29, 1.82) is 0 Å². The van der Waals surface area contributed by atoms with E-state index in [1.165, 1.54) is 23.9 Å². The number of amides is 1. The number of halogens is 2. The van der Waals surface area contributed by atoms with E-state index in [1.807, 2.05) is 12.1 Å². The van der Waals surface area contributed by atoms with Crippen molar-refractivity contribution in [3.8, 4) is 0 Å². The predicted molar refractivity (Wildman–Crippen MR) is 85.1 cm³/mol. The van der Waals surface area contributed by atoms with Gasteiger partial charge in [0.1, 0.15) is 11.9 Å². The highest BCUT2D eigenvalue weighted by Gasteiger charge is 2.30. The molecule has 0 aromatic heterocycles. The lowest BCUT2D eigenvalue weighted by Gasteiger charge is -2.10. The predicted octanol–water partition coefficient (Wildman–Crippen LogP) is 3.95. The first-order chi connectivity index (χ1) is 10.1. The molecule has 0 spiro atoms. The number of nitrogens with one attached hydrogen (secondary N) is 2. The standard InChI is InChI=1S/C15H12BrFN2OS/c1-18-14-10-6-11(16)13(7-12(10)19-15(14)20)21-9-4-2-8(17)3-5-9/h2-7,14,18H,1H3,(H,19,20). The maximum absolute atomic E-state index is 12.9. The molecule has 0 saturated heterocycles. The molecule has 1 heterocycles. The van der Waals surface area contributed by atoms with Crippen molar-refractivity contribution in [3.63, 3.8) is 0 Å². The van der Waals surface area contributed by atoms with Crippen LogP contribution in [0, 0.1) is 5.82 Å². The first-order valence-corrected chi connectivity index (χ1v) is 7.94. The molecule has 2 aromatic carbocycles. The molecule has 1 unspecified atom stereocenters. The quantitative estimate of drug-likeness (QED) is 0.863. The van der Waals surface area contributed by atoms with Crippen molar-refractivity contribution in [2.75, 3.05) is 12.4 Å². The van der Waals surface area contributed by atoms with Crippen molar-refractivity contribution in [2.45, 2.75) is 15.8 Å². The van der Waals surface area contributed by atoms with E-state index in [0.717, 1.165) is 25.5 Å². The van der Waals surface area contributed by atoms with Gasteiger partial charge >= 0.3 is 0 Å². The van der Waals surface area contributed by atoms with Gasteiger partial charge in [0.25, 0.3) is 0 Å². The molecule has 1 atom stereocenters. The molecule has 21 heavy (non-hydrogen) atoms. The highest BCUT2D eigenvalue weighted by atomic mass is 79.9. The maximum Gasteiger partial charge on any atom is 0.246 e. The number of rotatable bonds is 3. The normalized spacial score (nSPS) is 16.7. The smallest absolute Gasteiger partial charge is 0.246 e. The molecule has 1 amide bonds. The Labute approximate surface area is 134 Å². The maximum atomic E-state index is 12.9. The van der Waals surface area contributed by atoms with Gasteiger partial charge < -0.3 is 10.6 Å². The molecule has 1 aliphatic rings. The summed E-state index contributed by atoms with van der Waals surface area (Å²) in [5, 5.41) is 5.86. The Morgan fingerprint density at radius 3 is 2.67 bits per heavy atom. The first-order valence-electron chi connectivity index (χ1n) is 6.33. The zero-order chi connectivity index (χ0) is 15.0. The number of anilines is 1. The highest BCUT2D eigenvalue weighted by Crippen LogP contribution is 2.41. The molecule has 6 heteroatoms. The van der Waals surface area contributed by atoms with Crippen LogP contribution in [0.5, 0.6) is 0 Å². The van der Waals surface area contributed by atoms with E-state index >= 15 is 0 Å². The van der Waals surface area contributed by atoms with Crippen molar-refractivity contribution in [2.24, 2.45) is 0 Å². The Hall–Kier alpha value is -1.37. The van der Waals surface area contributed by atoms with Gasteiger partial charge in [-0.1, -0.05) is 11.8 Å². The topological polar surface area (TPSA) is 41.1 Å². The lowest BCUT2D eigenvalue weighted by atomic mass is 10.1. The van der Waals surface area contributed by atoms with E-state index in [1.54, 1.807) is 19.2 Å². The lowest BCUT2D eigenvalue weighted by Crippen LogP contribution is -2.23. The number of carbonyl (C=O) groups excluding carboxylic acids is 1. The summed E-state index contributed by atoms with van der Waals surface area (Å²) >= 11 is 5.05. The second-order valence-corrected chi connectivity index (χ2v) is 6.61. The number of likely N-dealkylation sites (N-methyl/N-ethyl adjacent to an activating group) is 1. The molecule has 3 nitrogen and oxygen atoms in total. The number of carbonyl (C=O) groups is 1. The number of fused-ring (bicyclic) bond motifs is 1. The summed E-state index contributed by atoms with van der Waals surface area (Å²) in [5.74, 6) is -0.306. The fourth-order valence-corrected chi connectivity index (χ4v) is 3.72. The van der Waals surface area contributed by atoms with Crippen LogP contribution in [0.4, 0.5) is 10.1 Å². The van der Waals surface area contributed by atoms with Crippen LogP contribution in [0.25, 0.3) is 0 Å². The Kier molecular flexibility index (Phi) is 4.01. The molecule has 0 radical (unpaired) electrons. The van der Waals surface area contributed by atoms with E-state index in [-0.39, 0.29) is 17.8 Å². The van der Waals surface area contributed by atoms with Gasteiger partial charge in [0.2, 0.25) is 5.91 Å². The van der Waals surface area contributed by atoms with Gasteiger partial charge in [0.05, 0.1) is 0 Å². The van der Waals surface area contributed by atoms with E-state index in [2.05, 4.69) is 26.6 Å². The number of benzene rings is 2. The minimum Gasteiger partial charge on any atom is -0.324 e. The van der Waals surface area contributed by atoms with Crippen LogP contribution in [0.1, 0.15) is 11.6 Å². The van der Waals surface area contributed by atoms with Gasteiger partial charge in [-0.3, -0.25) is 4.79 Å². The average Bonchev–Trinajstić information content (AvgIpc) is 2.76. The van der Waals surface area contributed by atoms with E-state index in [0.29, 0.717) is 0 Å². The van der Waals surface area contributed by atoms with Gasteiger partial charge in [-0.05, 0) is 59.4 Å². The van der Waals surface area contributed by atoms with Crippen LogP contribution in [0.3, 0.4) is 0 Å². The monoisotopic (exact) mass is 366 g/mol. The third kappa shape index (κ3) is 2.84. The van der Waals surface area contributed by atoms with Gasteiger partial charge in [-0.15, -0.1) is 0 Å². The molecular weight excluding hydrogens is 355 g/mol. The van der Waals surface area contributed by atoms with Crippen molar-refractivity contribution in [1.82, 2.24) is 5.32 Å². The Bertz CT molecular complexity index is 706. The van der Waals surface area contributed by atoms with E-state index in [9.17, 15) is 9.18 Å². The SMILES string of the molecule is CNC1C(=O)Nc2cc(Sc3ccc(F)cc3)c(Br)cc21. The van der Waals surface area contributed by atoms with Crippen molar-refractivity contribution in [3.05, 3.63) is 52.3 Å². The minimum absolute atomic E-state index is 0.0525. The Morgan fingerprint density at radius 1 is 1.29 bits per heavy atom. The molecule has 108 valence electrons. The van der Waals surface area contributed by atoms with Gasteiger partial charge in [0, 0.05) is 25.5 Å². The second kappa shape index (κ2) is 5.79. The summed E-state index contributed by atoms with van der Waals surface area (Å²) in [5.41, 5.74) is 1.74. The molecule has 0 fully saturated rings. The van der Waals surface area contributed by atoms with Gasteiger partial charge in [0.15, 0.2) is 0 Å². The van der Waals surface area contributed by atoms with E-state index < -0.39 is 0 Å².